The molecule has 2 fully saturated rings. The normalized spacial score (nSPS) is 17.1. The largest absolute Gasteiger partial charge is 0.491 e. The molecule has 0 spiro atoms. The number of anilines is 1. The SMILES string of the molecule is CC(C)c1noc(N2CCC(OCCOc3ccc(CC(=O)N(C)C4COC4)c(F)c3)CC2)n1. The van der Waals surface area contributed by atoms with Crippen molar-refractivity contribution < 1.29 is 27.9 Å². The van der Waals surface area contributed by atoms with E-state index < -0.39 is 5.82 Å². The van der Waals surface area contributed by atoms with Crippen LogP contribution in [0.1, 0.15) is 44.0 Å². The number of ether oxygens (including phenoxy) is 3. The third-order valence-electron chi connectivity index (χ3n) is 6.29. The molecule has 1 amide bonds. The Bertz CT molecular complexity index is 957. The molecule has 9 nitrogen and oxygen atoms in total. The van der Waals surface area contributed by atoms with Gasteiger partial charge in [0.05, 0.1) is 38.4 Å². The van der Waals surface area contributed by atoms with Gasteiger partial charge in [-0.15, -0.1) is 0 Å². The number of nitrogens with zero attached hydrogens (tertiary/aromatic N) is 4. The van der Waals surface area contributed by atoms with Crippen molar-refractivity contribution in [2.45, 2.75) is 51.2 Å². The predicted octanol–water partition coefficient (Wildman–Crippen LogP) is 2.80. The molecule has 0 radical (unpaired) electrons. The molecule has 0 N–H and O–H groups in total. The third kappa shape index (κ3) is 6.04. The molecule has 0 aliphatic carbocycles. The Labute approximate surface area is 199 Å². The molecule has 0 unspecified atom stereocenters. The Balaban J connectivity index is 1.15. The fraction of sp³-hybridized carbons (Fsp3) is 0.625. The summed E-state index contributed by atoms with van der Waals surface area (Å²) in [6.45, 7) is 7.47. The second-order valence-corrected chi connectivity index (χ2v) is 9.12. The van der Waals surface area contributed by atoms with Crippen molar-refractivity contribution in [2.75, 3.05) is 51.5 Å². The highest BCUT2D eigenvalue weighted by atomic mass is 19.1. The number of benzene rings is 1. The lowest BCUT2D eigenvalue weighted by atomic mass is 10.1. The fourth-order valence-electron chi connectivity index (χ4n) is 3.88. The van der Waals surface area contributed by atoms with Crippen molar-refractivity contribution in [1.29, 1.82) is 0 Å². The number of carbonyl (C=O) groups excluding carboxylic acids is 1. The van der Waals surface area contributed by atoms with E-state index in [1.807, 2.05) is 13.8 Å². The van der Waals surface area contributed by atoms with Gasteiger partial charge in [0.15, 0.2) is 5.82 Å². The average molecular weight is 477 g/mol. The zero-order valence-corrected chi connectivity index (χ0v) is 20.0. The van der Waals surface area contributed by atoms with Crippen LogP contribution in [0.3, 0.4) is 0 Å². The summed E-state index contributed by atoms with van der Waals surface area (Å²) in [5.41, 5.74) is 0.356. The van der Waals surface area contributed by atoms with E-state index in [0.717, 1.165) is 31.8 Å². The molecule has 186 valence electrons. The van der Waals surface area contributed by atoms with Gasteiger partial charge in [-0.2, -0.15) is 4.98 Å². The molecule has 2 saturated heterocycles. The lowest BCUT2D eigenvalue weighted by Crippen LogP contribution is -2.50. The summed E-state index contributed by atoms with van der Waals surface area (Å²) in [6.07, 6.45) is 1.87. The fourth-order valence-corrected chi connectivity index (χ4v) is 3.88. The molecule has 2 aliphatic heterocycles. The average Bonchev–Trinajstić information content (AvgIpc) is 3.28. The molecule has 10 heteroatoms. The maximum Gasteiger partial charge on any atom is 0.324 e. The number of hydrogen-bond donors (Lipinski definition) is 0. The van der Waals surface area contributed by atoms with Crippen LogP contribution in [0, 0.1) is 5.82 Å². The maximum absolute atomic E-state index is 14.5. The summed E-state index contributed by atoms with van der Waals surface area (Å²) < 4.78 is 36.5. The minimum absolute atomic E-state index is 0.0172. The Morgan fingerprint density at radius 2 is 2.03 bits per heavy atom. The van der Waals surface area contributed by atoms with E-state index in [9.17, 15) is 9.18 Å². The number of aromatic nitrogens is 2. The van der Waals surface area contributed by atoms with Crippen LogP contribution in [-0.2, 0) is 20.7 Å². The van der Waals surface area contributed by atoms with Crippen LogP contribution >= 0.6 is 0 Å². The first-order chi connectivity index (χ1) is 16.4. The summed E-state index contributed by atoms with van der Waals surface area (Å²) in [5, 5.41) is 4.02. The molecular formula is C24H33FN4O5. The smallest absolute Gasteiger partial charge is 0.324 e. The van der Waals surface area contributed by atoms with E-state index in [2.05, 4.69) is 15.0 Å². The second kappa shape index (κ2) is 11.1. The third-order valence-corrected chi connectivity index (χ3v) is 6.29. The monoisotopic (exact) mass is 476 g/mol. The summed E-state index contributed by atoms with van der Waals surface area (Å²) in [6, 6.07) is 5.27. The molecule has 0 saturated carbocycles. The number of amides is 1. The van der Waals surface area contributed by atoms with Crippen molar-refractivity contribution in [3.05, 3.63) is 35.4 Å². The zero-order valence-electron chi connectivity index (χ0n) is 20.0. The molecule has 1 aromatic heterocycles. The Hall–Kier alpha value is -2.72. The molecule has 1 aromatic carbocycles. The number of carbonyl (C=O) groups is 1. The van der Waals surface area contributed by atoms with Gasteiger partial charge < -0.3 is 28.5 Å². The van der Waals surface area contributed by atoms with Gasteiger partial charge in [0.1, 0.15) is 18.2 Å². The Morgan fingerprint density at radius 3 is 2.65 bits per heavy atom. The maximum atomic E-state index is 14.5. The van der Waals surface area contributed by atoms with Gasteiger partial charge in [-0.1, -0.05) is 25.1 Å². The van der Waals surface area contributed by atoms with Gasteiger partial charge in [0, 0.05) is 32.1 Å². The van der Waals surface area contributed by atoms with Gasteiger partial charge in [0.25, 0.3) is 0 Å². The van der Waals surface area contributed by atoms with Crippen molar-refractivity contribution in [3.8, 4) is 5.75 Å². The van der Waals surface area contributed by atoms with Crippen molar-refractivity contribution in [2.24, 2.45) is 0 Å². The summed E-state index contributed by atoms with van der Waals surface area (Å²) in [4.78, 5) is 20.5. The Kier molecular flexibility index (Phi) is 7.99. The highest BCUT2D eigenvalue weighted by Gasteiger charge is 2.27. The first kappa shape index (κ1) is 24.4. The summed E-state index contributed by atoms with van der Waals surface area (Å²) in [5.74, 6) is 0.807. The lowest BCUT2D eigenvalue weighted by molar-refractivity contribution is -0.141. The van der Waals surface area contributed by atoms with E-state index in [4.69, 9.17) is 18.7 Å². The number of rotatable bonds is 10. The van der Waals surface area contributed by atoms with Gasteiger partial charge >= 0.3 is 6.01 Å². The highest BCUT2D eigenvalue weighted by molar-refractivity contribution is 5.79. The van der Waals surface area contributed by atoms with Crippen molar-refractivity contribution in [1.82, 2.24) is 15.0 Å². The first-order valence-corrected chi connectivity index (χ1v) is 11.9. The standard InChI is InChI=1S/C24H33FN4O5/c1-16(2)23-26-24(34-27-23)29-8-6-19(7-9-29)32-10-11-33-20-5-4-17(21(25)13-20)12-22(30)28(3)18-14-31-15-18/h4-5,13,16,18-19H,6-12,14-15H2,1-3H3. The second-order valence-electron chi connectivity index (χ2n) is 9.12. The molecule has 0 bridgehead atoms. The molecule has 4 rings (SSSR count). The van der Waals surface area contributed by atoms with Gasteiger partial charge in [-0.25, -0.2) is 4.39 Å². The van der Waals surface area contributed by atoms with Crippen LogP contribution < -0.4 is 9.64 Å². The van der Waals surface area contributed by atoms with Crippen LogP contribution in [0.4, 0.5) is 10.4 Å². The minimum Gasteiger partial charge on any atom is -0.491 e. The van der Waals surface area contributed by atoms with Gasteiger partial charge in [-0.3, -0.25) is 4.79 Å². The quantitative estimate of drug-likeness (QED) is 0.484. The van der Waals surface area contributed by atoms with E-state index in [-0.39, 0.29) is 30.4 Å². The van der Waals surface area contributed by atoms with Crippen LogP contribution in [0.5, 0.6) is 5.75 Å². The molecular weight excluding hydrogens is 443 g/mol. The van der Waals surface area contributed by atoms with Crippen LogP contribution in [0.15, 0.2) is 22.7 Å². The van der Waals surface area contributed by atoms with Crippen LogP contribution in [-0.4, -0.2) is 79.7 Å². The number of likely N-dealkylation sites (N-methyl/N-ethyl adjacent to an activating group) is 1. The van der Waals surface area contributed by atoms with E-state index in [0.29, 0.717) is 43.8 Å². The van der Waals surface area contributed by atoms with E-state index in [1.54, 1.807) is 24.1 Å². The number of hydrogen-bond acceptors (Lipinski definition) is 8. The van der Waals surface area contributed by atoms with Gasteiger partial charge in [-0.05, 0) is 24.5 Å². The Morgan fingerprint density at radius 1 is 1.26 bits per heavy atom. The zero-order chi connectivity index (χ0) is 24.1. The van der Waals surface area contributed by atoms with Gasteiger partial charge in [0.2, 0.25) is 5.91 Å². The highest BCUT2D eigenvalue weighted by Crippen LogP contribution is 2.22. The lowest BCUT2D eigenvalue weighted by Gasteiger charge is -2.34. The van der Waals surface area contributed by atoms with Crippen LogP contribution in [0.25, 0.3) is 0 Å². The number of piperidine rings is 1. The van der Waals surface area contributed by atoms with E-state index in [1.165, 1.54) is 6.07 Å². The summed E-state index contributed by atoms with van der Waals surface area (Å²) >= 11 is 0. The predicted molar refractivity (Wildman–Crippen MR) is 123 cm³/mol. The summed E-state index contributed by atoms with van der Waals surface area (Å²) in [7, 11) is 1.72. The van der Waals surface area contributed by atoms with Crippen molar-refractivity contribution in [3.63, 3.8) is 0 Å². The first-order valence-electron chi connectivity index (χ1n) is 11.9. The minimum atomic E-state index is -0.445. The molecule has 3 heterocycles. The molecule has 2 aromatic rings. The molecule has 0 atom stereocenters. The topological polar surface area (TPSA) is 90.2 Å². The number of halogens is 1. The molecule has 34 heavy (non-hydrogen) atoms. The van der Waals surface area contributed by atoms with Crippen molar-refractivity contribution >= 4 is 11.9 Å². The van der Waals surface area contributed by atoms with Crippen LogP contribution in [0.2, 0.25) is 0 Å². The molecule has 2 aliphatic rings. The van der Waals surface area contributed by atoms with E-state index >= 15 is 0 Å².